The minimum absolute atomic E-state index is 0. The van der Waals surface area contributed by atoms with Gasteiger partial charge >= 0.3 is 0 Å². The van der Waals surface area contributed by atoms with Crippen LogP contribution in [0.1, 0.15) is 20.3 Å². The molecule has 130 valence electrons. The van der Waals surface area contributed by atoms with Crippen molar-refractivity contribution in [3.8, 4) is 0 Å². The van der Waals surface area contributed by atoms with E-state index in [1.54, 1.807) is 0 Å². The van der Waals surface area contributed by atoms with Crippen molar-refractivity contribution in [1.82, 2.24) is 0 Å². The van der Waals surface area contributed by atoms with Crippen LogP contribution in [0.4, 0.5) is 0 Å². The molecule has 0 radical (unpaired) electrons. The number of rotatable bonds is 6. The van der Waals surface area contributed by atoms with Crippen molar-refractivity contribution in [2.75, 3.05) is 6.16 Å². The Balaban J connectivity index is 0.00000225. The van der Waals surface area contributed by atoms with Crippen LogP contribution in [0.15, 0.2) is 91.0 Å². The maximum absolute atomic E-state index is 2.33. The van der Waals surface area contributed by atoms with Crippen LogP contribution in [-0.4, -0.2) is 6.16 Å². The molecule has 0 aliphatic carbocycles. The smallest absolute Gasteiger partial charge is 0.112 e. The van der Waals surface area contributed by atoms with Crippen molar-refractivity contribution in [2.45, 2.75) is 20.3 Å². The van der Waals surface area contributed by atoms with E-state index in [-0.39, 0.29) is 24.0 Å². The predicted octanol–water partition coefficient (Wildman–Crippen LogP) is 2.03. The van der Waals surface area contributed by atoms with Crippen LogP contribution in [-0.2, 0) is 0 Å². The summed E-state index contributed by atoms with van der Waals surface area (Å²) in [4.78, 5) is 0. The summed E-state index contributed by atoms with van der Waals surface area (Å²) >= 11 is 0. The largest absolute Gasteiger partial charge is 1.00 e. The lowest BCUT2D eigenvalue weighted by Crippen LogP contribution is -3.00. The van der Waals surface area contributed by atoms with Crippen molar-refractivity contribution >= 4 is 23.2 Å². The highest BCUT2D eigenvalue weighted by molar-refractivity contribution is 7.95. The Morgan fingerprint density at radius 2 is 0.920 bits per heavy atom. The van der Waals surface area contributed by atoms with Crippen LogP contribution in [0.2, 0.25) is 0 Å². The first kappa shape index (κ1) is 20.1. The Kier molecular flexibility index (Phi) is 7.65. The Bertz CT molecular complexity index is 642. The molecule has 0 fully saturated rings. The molecule has 0 aromatic heterocycles. The predicted molar refractivity (Wildman–Crippen MR) is 109 cm³/mol. The van der Waals surface area contributed by atoms with Gasteiger partial charge in [0.2, 0.25) is 0 Å². The van der Waals surface area contributed by atoms with Gasteiger partial charge < -0.3 is 24.0 Å². The van der Waals surface area contributed by atoms with E-state index in [9.17, 15) is 0 Å². The lowest BCUT2D eigenvalue weighted by molar-refractivity contribution is -0.00000490. The first-order valence-corrected chi connectivity index (χ1v) is 10.8. The molecule has 0 nitrogen and oxygen atoms in total. The van der Waals surface area contributed by atoms with Gasteiger partial charge in [-0.2, -0.15) is 0 Å². The van der Waals surface area contributed by atoms with Crippen LogP contribution in [0.3, 0.4) is 0 Å². The highest BCUT2D eigenvalue weighted by Gasteiger charge is 2.44. The minimum Gasteiger partial charge on any atom is -1.00 e. The molecular weight excluding hydrogens is 434 g/mol. The van der Waals surface area contributed by atoms with Gasteiger partial charge in [-0.1, -0.05) is 68.4 Å². The molecule has 25 heavy (non-hydrogen) atoms. The molecule has 0 aliphatic heterocycles. The number of halogens is 1. The molecule has 2 heteroatoms. The fourth-order valence-electron chi connectivity index (χ4n) is 3.33. The Morgan fingerprint density at radius 3 is 1.20 bits per heavy atom. The van der Waals surface area contributed by atoms with Crippen LogP contribution in [0.25, 0.3) is 0 Å². The summed E-state index contributed by atoms with van der Waals surface area (Å²) in [5.41, 5.74) is 0. The molecule has 0 saturated carbocycles. The number of hydrogen-bond acceptors (Lipinski definition) is 0. The summed E-state index contributed by atoms with van der Waals surface area (Å²) in [6.45, 7) is 4.66. The van der Waals surface area contributed by atoms with E-state index < -0.39 is 7.26 Å². The summed E-state index contributed by atoms with van der Waals surface area (Å²) in [6, 6.07) is 33.4. The highest BCUT2D eigenvalue weighted by atomic mass is 127. The summed E-state index contributed by atoms with van der Waals surface area (Å²) in [5, 5.41) is 4.47. The van der Waals surface area contributed by atoms with Gasteiger partial charge in [0.15, 0.2) is 0 Å². The van der Waals surface area contributed by atoms with Crippen molar-refractivity contribution in [2.24, 2.45) is 5.92 Å². The van der Waals surface area contributed by atoms with Gasteiger partial charge in [0.25, 0.3) is 0 Å². The van der Waals surface area contributed by atoms with Crippen LogP contribution in [0, 0.1) is 5.92 Å². The fraction of sp³-hybridized carbons (Fsp3) is 0.217. The maximum Gasteiger partial charge on any atom is 0.112 e. The van der Waals surface area contributed by atoms with Crippen molar-refractivity contribution in [3.05, 3.63) is 91.0 Å². The zero-order chi connectivity index (χ0) is 16.8. The van der Waals surface area contributed by atoms with E-state index in [4.69, 9.17) is 0 Å². The second-order valence-corrected chi connectivity index (χ2v) is 10.3. The normalized spacial score (nSPS) is 11.2. The van der Waals surface area contributed by atoms with Gasteiger partial charge in [-0.15, -0.1) is 0 Å². The van der Waals surface area contributed by atoms with Gasteiger partial charge in [0.05, 0.1) is 6.16 Å². The fourth-order valence-corrected chi connectivity index (χ4v) is 7.95. The van der Waals surface area contributed by atoms with E-state index in [1.165, 1.54) is 28.5 Å². The first-order valence-electron chi connectivity index (χ1n) is 8.78. The lowest BCUT2D eigenvalue weighted by Gasteiger charge is -2.28. The molecule has 0 saturated heterocycles. The second kappa shape index (κ2) is 9.50. The third kappa shape index (κ3) is 4.51. The molecule has 0 aliphatic rings. The molecule has 3 aromatic rings. The lowest BCUT2D eigenvalue weighted by atomic mass is 10.2. The van der Waals surface area contributed by atoms with Gasteiger partial charge in [-0.05, 0) is 48.7 Å². The summed E-state index contributed by atoms with van der Waals surface area (Å²) < 4.78 is 0. The molecule has 0 heterocycles. The summed E-state index contributed by atoms with van der Waals surface area (Å²) in [6.07, 6.45) is 2.47. The molecule has 0 atom stereocenters. The third-order valence-electron chi connectivity index (χ3n) is 4.63. The number of benzene rings is 3. The SMILES string of the molecule is CC(C)CC[P+](c1ccccc1)(c1ccccc1)c1ccccc1.[I-]. The van der Waals surface area contributed by atoms with Crippen LogP contribution < -0.4 is 39.9 Å². The molecule has 0 N–H and O–H groups in total. The monoisotopic (exact) mass is 460 g/mol. The Hall–Kier alpha value is -1.18. The molecule has 0 spiro atoms. The topological polar surface area (TPSA) is 0 Å². The zero-order valence-corrected chi connectivity index (χ0v) is 18.0. The van der Waals surface area contributed by atoms with Gasteiger partial charge in [0, 0.05) is 0 Å². The van der Waals surface area contributed by atoms with E-state index in [2.05, 4.69) is 105 Å². The van der Waals surface area contributed by atoms with Gasteiger partial charge in [-0.25, -0.2) is 0 Å². The standard InChI is InChI=1S/C23H26P.HI/c1-20(2)18-19-24(21-12-6-3-7-13-21,22-14-8-4-9-15-22)23-16-10-5-11-17-23;/h3-17,20H,18-19H2,1-2H3;1H/q+1;/p-1. The van der Waals surface area contributed by atoms with E-state index in [0.29, 0.717) is 5.92 Å². The molecule has 3 rings (SSSR count). The zero-order valence-electron chi connectivity index (χ0n) is 15.0. The number of hydrogen-bond donors (Lipinski definition) is 0. The third-order valence-corrected chi connectivity index (χ3v) is 9.10. The quantitative estimate of drug-likeness (QED) is 0.390. The highest BCUT2D eigenvalue weighted by Crippen LogP contribution is 2.56. The van der Waals surface area contributed by atoms with E-state index >= 15 is 0 Å². The average molecular weight is 460 g/mol. The average Bonchev–Trinajstić information content (AvgIpc) is 2.65. The Labute approximate surface area is 170 Å². The van der Waals surface area contributed by atoms with Crippen molar-refractivity contribution in [1.29, 1.82) is 0 Å². The van der Waals surface area contributed by atoms with Gasteiger partial charge in [-0.3, -0.25) is 0 Å². The summed E-state index contributed by atoms with van der Waals surface area (Å²) in [7, 11) is -1.61. The molecule has 0 bridgehead atoms. The molecule has 3 aromatic carbocycles. The van der Waals surface area contributed by atoms with Crippen LogP contribution >= 0.6 is 7.26 Å². The van der Waals surface area contributed by atoms with Crippen molar-refractivity contribution < 1.29 is 24.0 Å². The van der Waals surface area contributed by atoms with E-state index in [1.807, 2.05) is 0 Å². The van der Waals surface area contributed by atoms with E-state index in [0.717, 1.165) is 0 Å². The van der Waals surface area contributed by atoms with Crippen molar-refractivity contribution in [3.63, 3.8) is 0 Å². The molecule has 0 amide bonds. The Morgan fingerprint density at radius 1 is 0.600 bits per heavy atom. The second-order valence-electron chi connectivity index (χ2n) is 6.72. The van der Waals surface area contributed by atoms with Crippen LogP contribution in [0.5, 0.6) is 0 Å². The molecule has 0 unspecified atom stereocenters. The minimum atomic E-state index is -1.61. The van der Waals surface area contributed by atoms with Gasteiger partial charge in [0.1, 0.15) is 23.2 Å². The summed E-state index contributed by atoms with van der Waals surface area (Å²) in [5.74, 6) is 0.709. The first-order chi connectivity index (χ1) is 11.7. The molecular formula is C23H26IP. The maximum atomic E-state index is 2.33.